The van der Waals surface area contributed by atoms with E-state index < -0.39 is 0 Å². The number of hydrogen-bond donors (Lipinski definition) is 0. The molecule has 77 valence electrons. The summed E-state index contributed by atoms with van der Waals surface area (Å²) in [5.74, 6) is 0. The average molecular weight is 328 g/mol. The van der Waals surface area contributed by atoms with Gasteiger partial charge in [-0.1, -0.05) is 41.5 Å². The molecule has 0 bridgehead atoms. The van der Waals surface area contributed by atoms with Crippen molar-refractivity contribution in [1.29, 1.82) is 0 Å². The second-order valence-corrected chi connectivity index (χ2v) is 0. The molecule has 0 aromatic rings. The van der Waals surface area contributed by atoms with Crippen molar-refractivity contribution in [2.45, 2.75) is 41.5 Å². The Hall–Kier alpha value is 2.21. The van der Waals surface area contributed by atoms with Gasteiger partial charge in [-0.25, -0.2) is 0 Å². The van der Waals surface area contributed by atoms with Crippen LogP contribution in [-0.4, -0.2) is 0 Å². The van der Waals surface area contributed by atoms with Crippen LogP contribution < -0.4 is 0 Å². The maximum atomic E-state index is 2.00. The zero-order valence-corrected chi connectivity index (χ0v) is 16.8. The van der Waals surface area contributed by atoms with Gasteiger partial charge < -0.3 is 29.7 Å². The molecule has 0 saturated carbocycles. The molecule has 0 saturated heterocycles. The molecular weight excluding hydrogens is 298 g/mol. The van der Waals surface area contributed by atoms with E-state index in [2.05, 4.69) is 0 Å². The number of rotatable bonds is 0. The molecule has 0 aliphatic rings. The van der Waals surface area contributed by atoms with Gasteiger partial charge in [-0.3, -0.25) is 0 Å². The van der Waals surface area contributed by atoms with Crippen LogP contribution in [-0.2, 0) is 65.4 Å². The van der Waals surface area contributed by atoms with Crippen molar-refractivity contribution in [1.82, 2.24) is 0 Å². The molecule has 0 aliphatic carbocycles. The molecule has 0 aromatic heterocycles. The smallest absolute Gasteiger partial charge is 0.358 e. The largest absolute Gasteiger partial charge is 3.00 e. The Labute approximate surface area is 135 Å². The van der Waals surface area contributed by atoms with Gasteiger partial charge in [-0.15, -0.1) is 0 Å². The summed E-state index contributed by atoms with van der Waals surface area (Å²) in [6.07, 6.45) is 0. The van der Waals surface area contributed by atoms with E-state index in [1.807, 2.05) is 41.5 Å². The van der Waals surface area contributed by atoms with E-state index in [-0.39, 0.29) is 95.1 Å². The second-order valence-electron chi connectivity index (χ2n) is 0. The van der Waals surface area contributed by atoms with Crippen LogP contribution >= 0.6 is 0 Å². The van der Waals surface area contributed by atoms with Crippen LogP contribution in [0.1, 0.15) is 41.5 Å². The summed E-state index contributed by atoms with van der Waals surface area (Å²) in [5.41, 5.74) is 0. The van der Waals surface area contributed by atoms with Crippen molar-refractivity contribution in [2.75, 3.05) is 0 Å². The maximum Gasteiger partial charge on any atom is 3.00 e. The molecule has 0 rings (SSSR count). The Morgan fingerprint density at radius 2 is 0.417 bits per heavy atom. The quantitative estimate of drug-likeness (QED) is 0.556. The van der Waals surface area contributed by atoms with Crippen LogP contribution in [0.15, 0.2) is 0 Å². The first-order valence-corrected chi connectivity index (χ1v) is 3.00. The SMILES string of the molecule is CC.CC.CC.[CH3-].[CH3-].[CH3-].[CH3-].[Y+3].[Y]. The molecule has 0 heterocycles. The molecule has 0 N–H and O–H groups in total. The van der Waals surface area contributed by atoms with Crippen LogP contribution in [0.2, 0.25) is 0 Å². The Kier molecular flexibility index (Phi) is 3080. The molecule has 0 fully saturated rings. The van der Waals surface area contributed by atoms with E-state index in [4.69, 9.17) is 0 Å². The molecule has 0 aromatic carbocycles. The summed E-state index contributed by atoms with van der Waals surface area (Å²) in [6, 6.07) is 0. The van der Waals surface area contributed by atoms with Crippen LogP contribution in [0.25, 0.3) is 0 Å². The molecular formula is C10H30Y2-. The van der Waals surface area contributed by atoms with E-state index in [1.165, 1.54) is 0 Å². The Morgan fingerprint density at radius 3 is 0.417 bits per heavy atom. The summed E-state index contributed by atoms with van der Waals surface area (Å²) >= 11 is 0. The normalized spacial score (nSPS) is 1.50. The minimum Gasteiger partial charge on any atom is -0.358 e. The first-order valence-electron chi connectivity index (χ1n) is 3.00. The molecule has 0 spiro atoms. The maximum absolute atomic E-state index is 2.00. The third-order valence-electron chi connectivity index (χ3n) is 0. The van der Waals surface area contributed by atoms with Gasteiger partial charge in [0.1, 0.15) is 0 Å². The van der Waals surface area contributed by atoms with Crippen molar-refractivity contribution in [3.05, 3.63) is 29.7 Å². The van der Waals surface area contributed by atoms with Crippen LogP contribution in [0.3, 0.4) is 0 Å². The number of hydrogen-bond acceptors (Lipinski definition) is 0. The van der Waals surface area contributed by atoms with Crippen LogP contribution in [0.4, 0.5) is 0 Å². The average Bonchev–Trinajstić information content (AvgIpc) is 1.81. The third-order valence-corrected chi connectivity index (χ3v) is 0. The fourth-order valence-corrected chi connectivity index (χ4v) is 0. The van der Waals surface area contributed by atoms with E-state index in [1.54, 1.807) is 0 Å². The topological polar surface area (TPSA) is 0 Å². The van der Waals surface area contributed by atoms with Crippen molar-refractivity contribution in [3.63, 3.8) is 0 Å². The fraction of sp³-hybridized carbons (Fsp3) is 0.600. The Balaban J connectivity index is -0.00000000129. The fourth-order valence-electron chi connectivity index (χ4n) is 0. The summed E-state index contributed by atoms with van der Waals surface area (Å²) in [5, 5.41) is 0. The van der Waals surface area contributed by atoms with E-state index in [0.29, 0.717) is 0 Å². The summed E-state index contributed by atoms with van der Waals surface area (Å²) in [7, 11) is 0. The minimum atomic E-state index is 0. The molecule has 1 radical (unpaired) electrons. The van der Waals surface area contributed by atoms with Gasteiger partial charge in [0.2, 0.25) is 0 Å². The van der Waals surface area contributed by atoms with Gasteiger partial charge in [0.15, 0.2) is 0 Å². The van der Waals surface area contributed by atoms with Gasteiger partial charge in [0.25, 0.3) is 0 Å². The van der Waals surface area contributed by atoms with Crippen molar-refractivity contribution < 1.29 is 65.4 Å². The van der Waals surface area contributed by atoms with Crippen LogP contribution in [0.5, 0.6) is 0 Å². The van der Waals surface area contributed by atoms with Gasteiger partial charge in [-0.2, -0.15) is 0 Å². The zero-order chi connectivity index (χ0) is 6.00. The minimum absolute atomic E-state index is 0. The van der Waals surface area contributed by atoms with Crippen LogP contribution in [0, 0.1) is 29.7 Å². The molecule has 0 unspecified atom stereocenters. The van der Waals surface area contributed by atoms with Gasteiger partial charge in [0, 0.05) is 32.7 Å². The van der Waals surface area contributed by atoms with Gasteiger partial charge in [-0.05, 0) is 0 Å². The Morgan fingerprint density at radius 1 is 0.417 bits per heavy atom. The molecule has 0 nitrogen and oxygen atoms in total. The van der Waals surface area contributed by atoms with Crippen molar-refractivity contribution in [2.24, 2.45) is 0 Å². The molecule has 0 amide bonds. The first kappa shape index (κ1) is 91.4. The predicted molar refractivity (Wildman–Crippen MR) is 59.7 cm³/mol. The first-order chi connectivity index (χ1) is 3.00. The molecule has 0 aliphatic heterocycles. The van der Waals surface area contributed by atoms with E-state index in [0.717, 1.165) is 0 Å². The summed E-state index contributed by atoms with van der Waals surface area (Å²) < 4.78 is 0. The van der Waals surface area contributed by atoms with E-state index in [9.17, 15) is 0 Å². The summed E-state index contributed by atoms with van der Waals surface area (Å²) in [4.78, 5) is 0. The second kappa shape index (κ2) is 404. The third kappa shape index (κ3) is 315. The Bertz CT molecular complexity index is 7.80. The molecule has 0 atom stereocenters. The van der Waals surface area contributed by atoms with Crippen molar-refractivity contribution in [3.8, 4) is 0 Å². The van der Waals surface area contributed by atoms with E-state index >= 15 is 0 Å². The van der Waals surface area contributed by atoms with Gasteiger partial charge in [0.05, 0.1) is 0 Å². The monoisotopic (exact) mass is 328 g/mol. The summed E-state index contributed by atoms with van der Waals surface area (Å²) in [6.45, 7) is 12.0. The molecule has 12 heavy (non-hydrogen) atoms. The zero-order valence-electron chi connectivity index (χ0n) is 11.2. The standard InChI is InChI=1S/3C2H6.4CH3.2Y/c3*1-2;;;;;;/h3*1-2H3;4*1H3;;/q;;;4*-1;;+3. The van der Waals surface area contributed by atoms with Crippen molar-refractivity contribution >= 4 is 0 Å². The molecule has 2 heteroatoms. The van der Waals surface area contributed by atoms with Gasteiger partial charge >= 0.3 is 32.7 Å². The predicted octanol–water partition coefficient (Wildman–Crippen LogP) is 4.87.